The second-order valence-corrected chi connectivity index (χ2v) is 6.01. The lowest BCUT2D eigenvalue weighted by atomic mass is 9.95. The van der Waals surface area contributed by atoms with Crippen molar-refractivity contribution in [3.8, 4) is 0 Å². The number of nitrogens with one attached hydrogen (secondary N) is 1. The molecule has 1 N–H and O–H groups in total. The van der Waals surface area contributed by atoms with Gasteiger partial charge in [-0.15, -0.1) is 0 Å². The van der Waals surface area contributed by atoms with Crippen LogP contribution in [0.2, 0.25) is 0 Å². The number of nitrogens with zero attached hydrogens (tertiary/aromatic N) is 1. The van der Waals surface area contributed by atoms with Crippen LogP contribution in [-0.2, 0) is 4.79 Å². The average molecular weight is 272 g/mol. The van der Waals surface area contributed by atoms with Crippen molar-refractivity contribution in [3.63, 3.8) is 0 Å². The number of benzene rings is 1. The molecule has 1 aromatic carbocycles. The van der Waals surface area contributed by atoms with Gasteiger partial charge < -0.3 is 4.90 Å². The fraction of sp³-hybridized carbons (Fsp3) is 0.588. The summed E-state index contributed by atoms with van der Waals surface area (Å²) in [5.74, 6) is 0.266. The summed E-state index contributed by atoms with van der Waals surface area (Å²) in [6.45, 7) is 0.711. The fourth-order valence-corrected chi connectivity index (χ4v) is 3.48. The van der Waals surface area contributed by atoms with E-state index in [1.807, 2.05) is 30.3 Å². The molecule has 1 heterocycles. The van der Waals surface area contributed by atoms with Crippen molar-refractivity contribution in [3.05, 3.63) is 35.9 Å². The van der Waals surface area contributed by atoms with E-state index in [9.17, 15) is 4.79 Å². The third kappa shape index (κ3) is 2.88. The van der Waals surface area contributed by atoms with Gasteiger partial charge in [-0.1, -0.05) is 62.4 Å². The average Bonchev–Trinajstić information content (AvgIpc) is 2.82. The van der Waals surface area contributed by atoms with Gasteiger partial charge in [0.2, 0.25) is 5.91 Å². The first-order chi connectivity index (χ1) is 9.86. The van der Waals surface area contributed by atoms with E-state index in [2.05, 4.69) is 10.2 Å². The number of hydrogen-bond acceptors (Lipinski definition) is 2. The molecule has 1 atom stereocenters. The molecule has 3 rings (SSSR count). The van der Waals surface area contributed by atoms with Crippen molar-refractivity contribution in [1.29, 1.82) is 0 Å². The van der Waals surface area contributed by atoms with Crippen molar-refractivity contribution in [2.24, 2.45) is 0 Å². The number of rotatable bonds is 2. The number of amides is 1. The van der Waals surface area contributed by atoms with Gasteiger partial charge in [-0.2, -0.15) is 0 Å². The minimum absolute atomic E-state index is 0.137. The monoisotopic (exact) mass is 272 g/mol. The fourth-order valence-electron chi connectivity index (χ4n) is 3.48. The molecule has 1 saturated heterocycles. The maximum absolute atomic E-state index is 12.7. The Morgan fingerprint density at radius 2 is 1.60 bits per heavy atom. The van der Waals surface area contributed by atoms with Crippen LogP contribution in [0.15, 0.2) is 30.3 Å². The van der Waals surface area contributed by atoms with Crippen LogP contribution in [0.3, 0.4) is 0 Å². The quantitative estimate of drug-likeness (QED) is 0.896. The van der Waals surface area contributed by atoms with E-state index in [-0.39, 0.29) is 11.9 Å². The Morgan fingerprint density at radius 1 is 0.950 bits per heavy atom. The zero-order valence-electron chi connectivity index (χ0n) is 12.1. The highest BCUT2D eigenvalue weighted by atomic mass is 16.2. The van der Waals surface area contributed by atoms with Crippen LogP contribution >= 0.6 is 0 Å². The van der Waals surface area contributed by atoms with Crippen molar-refractivity contribution in [2.75, 3.05) is 6.67 Å². The van der Waals surface area contributed by atoms with Gasteiger partial charge in [0, 0.05) is 6.04 Å². The Morgan fingerprint density at radius 3 is 2.30 bits per heavy atom. The molecule has 1 aliphatic carbocycles. The summed E-state index contributed by atoms with van der Waals surface area (Å²) in [5, 5.41) is 3.38. The van der Waals surface area contributed by atoms with Gasteiger partial charge in [-0.05, 0) is 18.4 Å². The molecule has 20 heavy (non-hydrogen) atoms. The summed E-state index contributed by atoms with van der Waals surface area (Å²) in [5.41, 5.74) is 1.09. The SMILES string of the molecule is O=C1C(c2ccccc2)NCN1C1CCCCCCC1. The first-order valence-electron chi connectivity index (χ1n) is 7.95. The standard InChI is InChI=1S/C17H24N2O/c20-17-16(14-9-5-4-6-10-14)18-13-19(17)15-11-7-2-1-3-8-12-15/h4-6,9-10,15-16,18H,1-3,7-8,11-13H2. The second kappa shape index (κ2) is 6.40. The predicted molar refractivity (Wildman–Crippen MR) is 80.1 cm³/mol. The van der Waals surface area contributed by atoms with E-state index in [1.54, 1.807) is 0 Å². The second-order valence-electron chi connectivity index (χ2n) is 6.01. The van der Waals surface area contributed by atoms with Gasteiger partial charge in [-0.3, -0.25) is 10.1 Å². The zero-order valence-corrected chi connectivity index (χ0v) is 12.1. The maximum Gasteiger partial charge on any atom is 0.245 e. The lowest BCUT2D eigenvalue weighted by molar-refractivity contribution is -0.131. The van der Waals surface area contributed by atoms with E-state index in [4.69, 9.17) is 0 Å². The molecular weight excluding hydrogens is 248 g/mol. The Bertz CT molecular complexity index is 438. The highest BCUT2D eigenvalue weighted by molar-refractivity contribution is 5.85. The Kier molecular flexibility index (Phi) is 4.36. The molecule has 1 aliphatic heterocycles. The Balaban J connectivity index is 1.68. The van der Waals surface area contributed by atoms with E-state index in [1.165, 1.54) is 44.9 Å². The van der Waals surface area contributed by atoms with Crippen molar-refractivity contribution >= 4 is 5.91 Å². The minimum atomic E-state index is -0.137. The molecule has 0 bridgehead atoms. The largest absolute Gasteiger partial charge is 0.325 e. The van der Waals surface area contributed by atoms with Gasteiger partial charge in [0.15, 0.2) is 0 Å². The van der Waals surface area contributed by atoms with Crippen molar-refractivity contribution < 1.29 is 4.79 Å². The molecule has 1 aromatic rings. The van der Waals surface area contributed by atoms with Crippen LogP contribution in [0.1, 0.15) is 56.6 Å². The van der Waals surface area contributed by atoms with Crippen LogP contribution in [0.25, 0.3) is 0 Å². The van der Waals surface area contributed by atoms with Gasteiger partial charge in [-0.25, -0.2) is 0 Å². The Hall–Kier alpha value is -1.35. The van der Waals surface area contributed by atoms with Crippen molar-refractivity contribution in [2.45, 2.75) is 57.0 Å². The lowest BCUT2D eigenvalue weighted by Gasteiger charge is -2.29. The van der Waals surface area contributed by atoms with Gasteiger partial charge in [0.1, 0.15) is 6.04 Å². The summed E-state index contributed by atoms with van der Waals surface area (Å²) in [6.07, 6.45) is 8.91. The summed E-state index contributed by atoms with van der Waals surface area (Å²) in [4.78, 5) is 14.8. The lowest BCUT2D eigenvalue weighted by Crippen LogP contribution is -2.38. The predicted octanol–water partition coefficient (Wildman–Crippen LogP) is 3.23. The van der Waals surface area contributed by atoms with Crippen LogP contribution < -0.4 is 5.32 Å². The normalized spacial score (nSPS) is 25.5. The summed E-state index contributed by atoms with van der Waals surface area (Å²) in [7, 11) is 0. The third-order valence-electron chi connectivity index (χ3n) is 4.64. The molecule has 1 saturated carbocycles. The molecule has 108 valence electrons. The number of carbonyl (C=O) groups excluding carboxylic acids is 1. The maximum atomic E-state index is 12.7. The van der Waals surface area contributed by atoms with Crippen LogP contribution in [0.4, 0.5) is 0 Å². The molecule has 2 aliphatic rings. The van der Waals surface area contributed by atoms with Gasteiger partial charge >= 0.3 is 0 Å². The molecular formula is C17H24N2O. The third-order valence-corrected chi connectivity index (χ3v) is 4.64. The van der Waals surface area contributed by atoms with E-state index in [0.29, 0.717) is 12.7 Å². The highest BCUT2D eigenvalue weighted by Crippen LogP contribution is 2.27. The molecule has 3 nitrogen and oxygen atoms in total. The zero-order chi connectivity index (χ0) is 13.8. The molecule has 3 heteroatoms. The first kappa shape index (κ1) is 13.6. The first-order valence-corrected chi connectivity index (χ1v) is 7.95. The molecule has 2 fully saturated rings. The van der Waals surface area contributed by atoms with E-state index in [0.717, 1.165) is 5.56 Å². The minimum Gasteiger partial charge on any atom is -0.325 e. The van der Waals surface area contributed by atoms with Gasteiger partial charge in [0.05, 0.1) is 6.67 Å². The molecule has 0 radical (unpaired) electrons. The smallest absolute Gasteiger partial charge is 0.245 e. The van der Waals surface area contributed by atoms with Crippen LogP contribution in [0.5, 0.6) is 0 Å². The highest BCUT2D eigenvalue weighted by Gasteiger charge is 2.35. The number of hydrogen-bond donors (Lipinski definition) is 1. The van der Waals surface area contributed by atoms with Crippen LogP contribution in [-0.4, -0.2) is 23.5 Å². The van der Waals surface area contributed by atoms with Crippen molar-refractivity contribution in [1.82, 2.24) is 10.2 Å². The van der Waals surface area contributed by atoms with Gasteiger partial charge in [0.25, 0.3) is 0 Å². The molecule has 0 aromatic heterocycles. The molecule has 1 unspecified atom stereocenters. The summed E-state index contributed by atoms with van der Waals surface area (Å²) in [6, 6.07) is 10.4. The summed E-state index contributed by atoms with van der Waals surface area (Å²) < 4.78 is 0. The van der Waals surface area contributed by atoms with E-state index < -0.39 is 0 Å². The molecule has 1 amide bonds. The summed E-state index contributed by atoms with van der Waals surface area (Å²) >= 11 is 0. The van der Waals surface area contributed by atoms with Crippen LogP contribution in [0, 0.1) is 0 Å². The molecule has 0 spiro atoms. The topological polar surface area (TPSA) is 32.3 Å². The Labute approximate surface area is 121 Å². The number of carbonyl (C=O) groups is 1. The van der Waals surface area contributed by atoms with E-state index >= 15 is 0 Å².